The first-order valence-electron chi connectivity index (χ1n) is 10.7. The van der Waals surface area contributed by atoms with Crippen LogP contribution in [-0.2, 0) is 16.0 Å². The maximum atomic E-state index is 13.8. The summed E-state index contributed by atoms with van der Waals surface area (Å²) in [5, 5.41) is 11.1. The molecule has 0 bridgehead atoms. The van der Waals surface area contributed by atoms with Crippen molar-refractivity contribution in [2.75, 3.05) is 4.90 Å². The summed E-state index contributed by atoms with van der Waals surface area (Å²) in [7, 11) is 0. The van der Waals surface area contributed by atoms with E-state index >= 15 is 0 Å². The third-order valence-corrected chi connectivity index (χ3v) is 6.27. The van der Waals surface area contributed by atoms with Crippen molar-refractivity contribution in [3.8, 4) is 0 Å². The van der Waals surface area contributed by atoms with Crippen LogP contribution in [0.15, 0.2) is 66.2 Å². The molecule has 3 aromatic carbocycles. The first-order valence-corrected chi connectivity index (χ1v) is 11.0. The van der Waals surface area contributed by atoms with Gasteiger partial charge in [0.25, 0.3) is 11.7 Å². The predicted octanol–water partition coefficient (Wildman–Crippen LogP) is 6.28. The summed E-state index contributed by atoms with van der Waals surface area (Å²) in [5.74, 6) is -2.49. The molecule has 33 heavy (non-hydrogen) atoms. The fraction of sp³-hybridized carbons (Fsp3) is 0.185. The molecule has 3 aromatic rings. The minimum Gasteiger partial charge on any atom is -0.507 e. The Morgan fingerprint density at radius 3 is 2.36 bits per heavy atom. The van der Waals surface area contributed by atoms with E-state index in [0.717, 1.165) is 29.2 Å². The van der Waals surface area contributed by atoms with Gasteiger partial charge in [-0.25, -0.2) is 4.39 Å². The molecule has 0 spiro atoms. The minimum absolute atomic E-state index is 0.0154. The number of rotatable bonds is 4. The van der Waals surface area contributed by atoms with Crippen LogP contribution < -0.4 is 4.90 Å². The van der Waals surface area contributed by atoms with Gasteiger partial charge in [-0.15, -0.1) is 0 Å². The van der Waals surface area contributed by atoms with E-state index in [9.17, 15) is 19.1 Å². The van der Waals surface area contributed by atoms with Gasteiger partial charge in [0.15, 0.2) is 0 Å². The third-order valence-electron chi connectivity index (χ3n) is 5.98. The zero-order chi connectivity index (χ0) is 23.9. The molecule has 1 amide bonds. The lowest BCUT2D eigenvalue weighted by molar-refractivity contribution is -0.132. The van der Waals surface area contributed by atoms with E-state index in [2.05, 4.69) is 0 Å². The lowest BCUT2D eigenvalue weighted by Gasteiger charge is -2.26. The molecule has 1 saturated heterocycles. The van der Waals surface area contributed by atoms with Crippen molar-refractivity contribution >= 4 is 34.7 Å². The van der Waals surface area contributed by atoms with Crippen molar-refractivity contribution in [1.82, 2.24) is 0 Å². The number of benzene rings is 3. The number of aryl methyl sites for hydroxylation is 3. The molecule has 0 aromatic heterocycles. The van der Waals surface area contributed by atoms with Crippen LogP contribution in [0.3, 0.4) is 0 Å². The molecule has 0 saturated carbocycles. The van der Waals surface area contributed by atoms with Crippen molar-refractivity contribution in [2.24, 2.45) is 0 Å². The molecule has 1 aliphatic rings. The number of nitrogens with zero attached hydrogens (tertiary/aromatic N) is 1. The van der Waals surface area contributed by atoms with E-state index in [-0.39, 0.29) is 22.0 Å². The molecule has 0 radical (unpaired) electrons. The smallest absolute Gasteiger partial charge is 0.300 e. The summed E-state index contributed by atoms with van der Waals surface area (Å²) in [6.07, 6.45) is 0.830. The monoisotopic (exact) mass is 463 g/mol. The summed E-state index contributed by atoms with van der Waals surface area (Å²) >= 11 is 5.98. The number of carbonyl (C=O) groups excluding carboxylic acids is 2. The third kappa shape index (κ3) is 4.05. The average Bonchev–Trinajstić information content (AvgIpc) is 3.07. The maximum absolute atomic E-state index is 13.8. The molecule has 1 atom stereocenters. The predicted molar refractivity (Wildman–Crippen MR) is 128 cm³/mol. The normalized spacial score (nSPS) is 17.6. The molecular formula is C27H23ClFNO3. The minimum atomic E-state index is -0.891. The summed E-state index contributed by atoms with van der Waals surface area (Å²) < 4.78 is 13.8. The van der Waals surface area contributed by atoms with Gasteiger partial charge in [0, 0.05) is 11.3 Å². The molecule has 1 N–H and O–H groups in total. The number of ketones is 1. The van der Waals surface area contributed by atoms with Crippen LogP contribution in [0.1, 0.15) is 40.8 Å². The van der Waals surface area contributed by atoms with E-state index in [1.54, 1.807) is 6.07 Å². The Hall–Kier alpha value is -3.44. The Bertz CT molecular complexity index is 1300. The van der Waals surface area contributed by atoms with Crippen LogP contribution >= 0.6 is 11.6 Å². The van der Waals surface area contributed by atoms with Crippen LogP contribution in [0.5, 0.6) is 0 Å². The highest BCUT2D eigenvalue weighted by Crippen LogP contribution is 2.43. The van der Waals surface area contributed by atoms with Crippen LogP contribution in [0.2, 0.25) is 5.02 Å². The van der Waals surface area contributed by atoms with E-state index in [1.165, 1.54) is 17.0 Å². The maximum Gasteiger partial charge on any atom is 0.300 e. The van der Waals surface area contributed by atoms with Crippen LogP contribution in [-0.4, -0.2) is 16.8 Å². The lowest BCUT2D eigenvalue weighted by atomic mass is 9.92. The van der Waals surface area contributed by atoms with Crippen LogP contribution in [0.25, 0.3) is 5.76 Å². The van der Waals surface area contributed by atoms with Gasteiger partial charge >= 0.3 is 0 Å². The Morgan fingerprint density at radius 2 is 1.73 bits per heavy atom. The van der Waals surface area contributed by atoms with E-state index in [4.69, 9.17) is 11.6 Å². The second-order valence-corrected chi connectivity index (χ2v) is 8.59. The summed E-state index contributed by atoms with van der Waals surface area (Å²) in [6, 6.07) is 16.0. The molecule has 1 fully saturated rings. The van der Waals surface area contributed by atoms with Gasteiger partial charge in [-0.1, -0.05) is 60.5 Å². The molecule has 6 heteroatoms. The second kappa shape index (κ2) is 8.83. The molecule has 4 nitrogen and oxygen atoms in total. The van der Waals surface area contributed by atoms with E-state index in [0.29, 0.717) is 11.1 Å². The number of amides is 1. The Balaban J connectivity index is 1.97. The zero-order valence-corrected chi connectivity index (χ0v) is 19.3. The fourth-order valence-corrected chi connectivity index (χ4v) is 4.30. The van der Waals surface area contributed by atoms with Crippen molar-refractivity contribution in [3.05, 3.63) is 105 Å². The van der Waals surface area contributed by atoms with Gasteiger partial charge in [-0.3, -0.25) is 14.5 Å². The number of Topliss-reactive ketones (excluding diaryl/α,β-unsaturated/α-hetero) is 1. The molecule has 1 unspecified atom stereocenters. The molecule has 1 aliphatic heterocycles. The lowest BCUT2D eigenvalue weighted by Crippen LogP contribution is -2.29. The summed E-state index contributed by atoms with van der Waals surface area (Å²) in [4.78, 5) is 27.7. The largest absolute Gasteiger partial charge is 0.507 e. The number of anilines is 1. The zero-order valence-electron chi connectivity index (χ0n) is 18.5. The number of aliphatic hydroxyl groups excluding tert-OH is 1. The molecule has 0 aliphatic carbocycles. The molecule has 1 heterocycles. The van der Waals surface area contributed by atoms with Crippen LogP contribution in [0.4, 0.5) is 10.1 Å². The van der Waals surface area contributed by atoms with Gasteiger partial charge in [0.1, 0.15) is 11.6 Å². The highest BCUT2D eigenvalue weighted by molar-refractivity contribution is 6.51. The number of aliphatic hydroxyl groups is 1. The van der Waals surface area contributed by atoms with Gasteiger partial charge in [-0.05, 0) is 61.2 Å². The van der Waals surface area contributed by atoms with Crippen molar-refractivity contribution < 1.29 is 19.1 Å². The van der Waals surface area contributed by atoms with Gasteiger partial charge < -0.3 is 5.11 Å². The van der Waals surface area contributed by atoms with Gasteiger partial charge in [0.05, 0.1) is 16.6 Å². The van der Waals surface area contributed by atoms with E-state index < -0.39 is 23.5 Å². The Kier molecular flexibility index (Phi) is 6.09. The topological polar surface area (TPSA) is 57.6 Å². The molecule has 168 valence electrons. The summed E-state index contributed by atoms with van der Waals surface area (Å²) in [6.45, 7) is 5.74. The summed E-state index contributed by atoms with van der Waals surface area (Å²) in [5.41, 5.74) is 4.17. The van der Waals surface area contributed by atoms with E-state index in [1.807, 2.05) is 57.2 Å². The average molecular weight is 464 g/mol. The number of hydrogen-bond acceptors (Lipinski definition) is 3. The standard InChI is InChI=1S/C27H23ClFNO3/c1-4-17-7-9-18(10-8-17)24-23(25(31)20-13-15(2)5-6-16(20)3)26(32)27(33)30(24)19-11-12-22(29)21(28)14-19/h5-14,24,31H,4H2,1-3H3/b25-23+. The number of halogens is 2. The van der Waals surface area contributed by atoms with Gasteiger partial charge in [0.2, 0.25) is 0 Å². The van der Waals surface area contributed by atoms with Crippen molar-refractivity contribution in [1.29, 1.82) is 0 Å². The van der Waals surface area contributed by atoms with Crippen molar-refractivity contribution in [2.45, 2.75) is 33.2 Å². The second-order valence-electron chi connectivity index (χ2n) is 8.18. The SMILES string of the molecule is CCc1ccc(C2/C(=C(\O)c3cc(C)ccc3C)C(=O)C(=O)N2c2ccc(F)c(Cl)c2)cc1. The van der Waals surface area contributed by atoms with Gasteiger partial charge in [-0.2, -0.15) is 0 Å². The first kappa shape index (κ1) is 22.7. The van der Waals surface area contributed by atoms with Crippen LogP contribution in [0, 0.1) is 19.7 Å². The first-order chi connectivity index (χ1) is 15.7. The molecule has 4 rings (SSSR count). The highest BCUT2D eigenvalue weighted by atomic mass is 35.5. The van der Waals surface area contributed by atoms with Crippen molar-refractivity contribution in [3.63, 3.8) is 0 Å². The Labute approximate surface area is 196 Å². The number of carbonyl (C=O) groups is 2. The molecular weight excluding hydrogens is 441 g/mol. The Morgan fingerprint density at radius 1 is 1.03 bits per heavy atom. The number of hydrogen-bond donors (Lipinski definition) is 1. The quantitative estimate of drug-likeness (QED) is 0.281. The highest BCUT2D eigenvalue weighted by Gasteiger charge is 2.47. The fourth-order valence-electron chi connectivity index (χ4n) is 4.12.